The van der Waals surface area contributed by atoms with Gasteiger partial charge in [0.2, 0.25) is 10.0 Å². The largest absolute Gasteiger partial charge is 0.315 e. The molecule has 0 aliphatic carbocycles. The summed E-state index contributed by atoms with van der Waals surface area (Å²) in [6, 6.07) is 0.548. The molecule has 0 atom stereocenters. The molecule has 0 bridgehead atoms. The number of sulfonamides is 1. The van der Waals surface area contributed by atoms with Crippen molar-refractivity contribution in [1.82, 2.24) is 14.9 Å². The van der Waals surface area contributed by atoms with Crippen LogP contribution in [0.15, 0.2) is 0 Å². The lowest BCUT2D eigenvalue weighted by Gasteiger charge is -2.38. The number of hydrogen-bond acceptors (Lipinski definition) is 4. The molecule has 6 heteroatoms. The molecule has 2 N–H and O–H groups in total. The minimum absolute atomic E-state index is 0.195. The first-order valence-electron chi connectivity index (χ1n) is 8.40. The second kappa shape index (κ2) is 9.77. The average molecular weight is 320 g/mol. The summed E-state index contributed by atoms with van der Waals surface area (Å²) in [7, 11) is -3.09. The van der Waals surface area contributed by atoms with Crippen molar-refractivity contribution in [2.75, 3.05) is 32.7 Å². The predicted molar refractivity (Wildman–Crippen MR) is 89.0 cm³/mol. The molecule has 21 heavy (non-hydrogen) atoms. The lowest BCUT2D eigenvalue weighted by atomic mass is 10.2. The summed E-state index contributed by atoms with van der Waals surface area (Å²) in [5, 5.41) is 3.19. The van der Waals surface area contributed by atoms with Crippen molar-refractivity contribution in [1.29, 1.82) is 0 Å². The molecule has 0 unspecified atom stereocenters. The van der Waals surface area contributed by atoms with Gasteiger partial charge < -0.3 is 10.2 Å². The average Bonchev–Trinajstić information content (AvgIpc) is 2.35. The van der Waals surface area contributed by atoms with Gasteiger partial charge in [-0.05, 0) is 32.4 Å². The van der Waals surface area contributed by atoms with Gasteiger partial charge in [0.15, 0.2) is 0 Å². The molecule has 0 spiro atoms. The van der Waals surface area contributed by atoms with E-state index < -0.39 is 10.0 Å². The highest BCUT2D eigenvalue weighted by molar-refractivity contribution is 7.90. The second-order valence-corrected chi connectivity index (χ2v) is 8.39. The Morgan fingerprint density at radius 1 is 1.10 bits per heavy atom. The van der Waals surface area contributed by atoms with Gasteiger partial charge in [0.1, 0.15) is 5.25 Å². The van der Waals surface area contributed by atoms with E-state index in [9.17, 15) is 8.42 Å². The van der Waals surface area contributed by atoms with E-state index in [1.165, 1.54) is 6.42 Å². The van der Waals surface area contributed by atoms with Crippen molar-refractivity contribution in [2.24, 2.45) is 0 Å². The number of nitrogens with one attached hydrogen (secondary N) is 2. The molecule has 1 rings (SSSR count). The summed E-state index contributed by atoms with van der Waals surface area (Å²) >= 11 is 0. The maximum absolute atomic E-state index is 12.0. The molecule has 0 amide bonds. The molecule has 0 aromatic heterocycles. The van der Waals surface area contributed by atoms with Crippen LogP contribution in [0.3, 0.4) is 0 Å². The SMILES string of the molecule is CCCN1CC(S(=O)(=O)NCCCCCCNC(C)C)C1. The first kappa shape index (κ1) is 18.9. The topological polar surface area (TPSA) is 61.4 Å². The lowest BCUT2D eigenvalue weighted by molar-refractivity contribution is 0.184. The van der Waals surface area contributed by atoms with Crippen LogP contribution in [-0.2, 0) is 10.0 Å². The third kappa shape index (κ3) is 7.58. The summed E-state index contributed by atoms with van der Waals surface area (Å²) in [5.41, 5.74) is 0. The maximum atomic E-state index is 12.0. The number of nitrogens with zero attached hydrogens (tertiary/aromatic N) is 1. The molecule has 0 saturated carbocycles. The van der Waals surface area contributed by atoms with Crippen LogP contribution in [0.4, 0.5) is 0 Å². The van der Waals surface area contributed by atoms with Gasteiger partial charge in [-0.25, -0.2) is 13.1 Å². The van der Waals surface area contributed by atoms with E-state index in [2.05, 4.69) is 35.7 Å². The Kier molecular flexibility index (Phi) is 8.78. The molecule has 1 aliphatic rings. The van der Waals surface area contributed by atoms with Crippen molar-refractivity contribution in [3.05, 3.63) is 0 Å². The Balaban J connectivity index is 1.99. The van der Waals surface area contributed by atoms with Crippen LogP contribution in [0, 0.1) is 0 Å². The third-order valence-electron chi connectivity index (χ3n) is 3.86. The lowest BCUT2D eigenvalue weighted by Crippen LogP contribution is -2.57. The molecule has 1 fully saturated rings. The van der Waals surface area contributed by atoms with Gasteiger partial charge in [-0.2, -0.15) is 0 Å². The van der Waals surface area contributed by atoms with Crippen molar-refractivity contribution >= 4 is 10.0 Å². The third-order valence-corrected chi connectivity index (χ3v) is 5.64. The zero-order chi connectivity index (χ0) is 15.7. The fraction of sp³-hybridized carbons (Fsp3) is 1.00. The summed E-state index contributed by atoms with van der Waals surface area (Å²) in [4.78, 5) is 2.20. The van der Waals surface area contributed by atoms with Crippen molar-refractivity contribution in [3.8, 4) is 0 Å². The van der Waals surface area contributed by atoms with E-state index >= 15 is 0 Å². The van der Waals surface area contributed by atoms with Crippen LogP contribution >= 0.6 is 0 Å². The fourth-order valence-electron chi connectivity index (χ4n) is 2.54. The molecule has 126 valence electrons. The van der Waals surface area contributed by atoms with Crippen LogP contribution in [0.2, 0.25) is 0 Å². The smallest absolute Gasteiger partial charge is 0.217 e. The van der Waals surface area contributed by atoms with E-state index in [4.69, 9.17) is 0 Å². The van der Waals surface area contributed by atoms with Crippen LogP contribution in [-0.4, -0.2) is 57.3 Å². The molecule has 1 aliphatic heterocycles. The highest BCUT2D eigenvalue weighted by Crippen LogP contribution is 2.15. The zero-order valence-corrected chi connectivity index (χ0v) is 14.7. The molecular formula is C15H33N3O2S. The van der Waals surface area contributed by atoms with Crippen molar-refractivity contribution < 1.29 is 8.42 Å². The number of unbranched alkanes of at least 4 members (excludes halogenated alkanes) is 3. The molecule has 1 saturated heterocycles. The van der Waals surface area contributed by atoms with Crippen LogP contribution in [0.5, 0.6) is 0 Å². The first-order valence-corrected chi connectivity index (χ1v) is 9.94. The first-order chi connectivity index (χ1) is 9.95. The molecule has 0 aromatic carbocycles. The number of hydrogen-bond donors (Lipinski definition) is 2. The summed E-state index contributed by atoms with van der Waals surface area (Å²) in [6.07, 6.45) is 5.45. The Bertz CT molecular complexity index is 365. The highest BCUT2D eigenvalue weighted by atomic mass is 32.2. The van der Waals surface area contributed by atoms with Gasteiger partial charge in [0.25, 0.3) is 0 Å². The van der Waals surface area contributed by atoms with E-state index in [0.29, 0.717) is 25.7 Å². The van der Waals surface area contributed by atoms with Gasteiger partial charge in [-0.3, -0.25) is 0 Å². The molecule has 0 aromatic rings. The molecule has 5 nitrogen and oxygen atoms in total. The van der Waals surface area contributed by atoms with Crippen LogP contribution in [0.1, 0.15) is 52.9 Å². The number of likely N-dealkylation sites (tertiary alicyclic amines) is 1. The normalized spacial score (nSPS) is 17.3. The van der Waals surface area contributed by atoms with Gasteiger partial charge in [0, 0.05) is 25.7 Å². The standard InChI is InChI=1S/C15H33N3O2S/c1-4-11-18-12-15(13-18)21(19,20)17-10-8-6-5-7-9-16-14(2)3/h14-17H,4-13H2,1-3H3. The monoisotopic (exact) mass is 319 g/mol. The van der Waals surface area contributed by atoms with E-state index in [1.54, 1.807) is 0 Å². The Hall–Kier alpha value is -0.170. The molecule has 1 heterocycles. The van der Waals surface area contributed by atoms with Crippen LogP contribution < -0.4 is 10.0 Å². The minimum Gasteiger partial charge on any atom is -0.315 e. The Morgan fingerprint density at radius 3 is 2.29 bits per heavy atom. The van der Waals surface area contributed by atoms with Gasteiger partial charge >= 0.3 is 0 Å². The van der Waals surface area contributed by atoms with Crippen molar-refractivity contribution in [2.45, 2.75) is 64.2 Å². The number of rotatable bonds is 12. The Morgan fingerprint density at radius 2 is 1.71 bits per heavy atom. The minimum atomic E-state index is -3.09. The van der Waals surface area contributed by atoms with E-state index in [1.807, 2.05) is 0 Å². The second-order valence-electron chi connectivity index (χ2n) is 6.34. The maximum Gasteiger partial charge on any atom is 0.217 e. The molecular weight excluding hydrogens is 286 g/mol. The summed E-state index contributed by atoms with van der Waals surface area (Å²) in [6.45, 7) is 10.5. The highest BCUT2D eigenvalue weighted by Gasteiger charge is 2.36. The zero-order valence-electron chi connectivity index (χ0n) is 13.9. The van der Waals surface area contributed by atoms with E-state index in [-0.39, 0.29) is 5.25 Å². The Labute approximate surface area is 130 Å². The van der Waals surface area contributed by atoms with E-state index in [0.717, 1.165) is 38.8 Å². The fourth-order valence-corrected chi connectivity index (χ4v) is 4.02. The predicted octanol–water partition coefficient (Wildman–Crippen LogP) is 1.56. The van der Waals surface area contributed by atoms with Gasteiger partial charge in [-0.15, -0.1) is 0 Å². The van der Waals surface area contributed by atoms with Gasteiger partial charge in [0.05, 0.1) is 0 Å². The van der Waals surface area contributed by atoms with Crippen LogP contribution in [0.25, 0.3) is 0 Å². The quantitative estimate of drug-likeness (QED) is 0.536. The summed E-state index contributed by atoms with van der Waals surface area (Å²) < 4.78 is 26.8. The molecule has 0 radical (unpaired) electrons. The van der Waals surface area contributed by atoms with Crippen molar-refractivity contribution in [3.63, 3.8) is 0 Å². The summed E-state index contributed by atoms with van der Waals surface area (Å²) in [5.74, 6) is 0. The van der Waals surface area contributed by atoms with Gasteiger partial charge in [-0.1, -0.05) is 33.6 Å².